The largest absolute Gasteiger partial charge is 0.458 e. The lowest BCUT2D eigenvalue weighted by molar-refractivity contribution is -0.200. The number of hydrogen-bond donors (Lipinski definition) is 1. The quantitative estimate of drug-likeness (QED) is 0.236. The molecule has 1 aromatic carbocycles. The van der Waals surface area contributed by atoms with Crippen LogP contribution in [0, 0.1) is 22.7 Å². The zero-order valence-corrected chi connectivity index (χ0v) is 24.6. The van der Waals surface area contributed by atoms with Crippen LogP contribution in [0.4, 0.5) is 0 Å². The lowest BCUT2D eigenvalue weighted by Gasteiger charge is -2.59. The Morgan fingerprint density at radius 3 is 2.27 bits per heavy atom. The normalized spacial score (nSPS) is 33.0. The van der Waals surface area contributed by atoms with Crippen molar-refractivity contribution in [3.05, 3.63) is 65.3 Å². The molecule has 7 atom stereocenters. The van der Waals surface area contributed by atoms with E-state index in [1.54, 1.807) is 13.0 Å². The maximum Gasteiger partial charge on any atom is 0.331 e. The molecule has 3 aliphatic rings. The van der Waals surface area contributed by atoms with E-state index in [1.807, 2.05) is 51.1 Å². The lowest BCUT2D eigenvalue weighted by atomic mass is 9.49. The molecule has 220 valence electrons. The van der Waals surface area contributed by atoms with Crippen LogP contribution in [0.1, 0.15) is 66.4 Å². The molecule has 8 heteroatoms. The van der Waals surface area contributed by atoms with Gasteiger partial charge in [0.15, 0.2) is 11.9 Å². The minimum Gasteiger partial charge on any atom is -0.458 e. The number of allylic oxidation sites excluding steroid dienone is 1. The minimum atomic E-state index is -1.05. The second kappa shape index (κ2) is 11.4. The van der Waals surface area contributed by atoms with Crippen molar-refractivity contribution < 1.29 is 38.5 Å². The van der Waals surface area contributed by atoms with E-state index in [0.29, 0.717) is 29.6 Å². The number of hydrogen-bond acceptors (Lipinski definition) is 8. The second-order valence-corrected chi connectivity index (χ2v) is 12.3. The number of benzene rings is 1. The van der Waals surface area contributed by atoms with E-state index in [4.69, 9.17) is 14.2 Å². The first-order valence-corrected chi connectivity index (χ1v) is 14.1. The third kappa shape index (κ3) is 5.67. The van der Waals surface area contributed by atoms with Gasteiger partial charge in [-0.05, 0) is 53.5 Å². The Hall–Kier alpha value is -3.52. The van der Waals surface area contributed by atoms with E-state index in [9.17, 15) is 24.3 Å². The van der Waals surface area contributed by atoms with Gasteiger partial charge >= 0.3 is 17.9 Å². The molecule has 4 rings (SSSR count). The summed E-state index contributed by atoms with van der Waals surface area (Å²) in [6.07, 6.45) is -0.0855. The maximum absolute atomic E-state index is 13.5. The zero-order valence-electron chi connectivity index (χ0n) is 24.6. The van der Waals surface area contributed by atoms with Crippen molar-refractivity contribution in [2.24, 2.45) is 22.7 Å². The van der Waals surface area contributed by atoms with Crippen molar-refractivity contribution in [1.82, 2.24) is 0 Å². The second-order valence-electron chi connectivity index (χ2n) is 12.3. The Morgan fingerprint density at radius 1 is 1.02 bits per heavy atom. The van der Waals surface area contributed by atoms with Crippen molar-refractivity contribution in [2.45, 2.75) is 85.2 Å². The predicted molar refractivity (Wildman–Crippen MR) is 152 cm³/mol. The van der Waals surface area contributed by atoms with E-state index in [2.05, 4.69) is 6.58 Å². The van der Waals surface area contributed by atoms with Crippen LogP contribution in [0.15, 0.2) is 59.7 Å². The average molecular weight is 565 g/mol. The van der Waals surface area contributed by atoms with Gasteiger partial charge < -0.3 is 19.3 Å². The number of carbonyl (C=O) groups is 4. The molecule has 2 bridgehead atoms. The first kappa shape index (κ1) is 30.4. The summed E-state index contributed by atoms with van der Waals surface area (Å²) < 4.78 is 18.2. The van der Waals surface area contributed by atoms with Gasteiger partial charge in [-0.25, -0.2) is 4.79 Å². The van der Waals surface area contributed by atoms with Crippen LogP contribution in [0.2, 0.25) is 0 Å². The highest BCUT2D eigenvalue weighted by Crippen LogP contribution is 2.60. The number of rotatable bonds is 5. The number of aliphatic hydroxyl groups excluding tert-OH is 1. The molecule has 3 aliphatic carbocycles. The third-order valence-corrected chi connectivity index (χ3v) is 9.33. The van der Waals surface area contributed by atoms with Crippen LogP contribution in [-0.2, 0) is 33.4 Å². The molecule has 8 nitrogen and oxygen atoms in total. The van der Waals surface area contributed by atoms with Crippen LogP contribution in [0.5, 0.6) is 0 Å². The van der Waals surface area contributed by atoms with Crippen LogP contribution in [0.25, 0.3) is 6.08 Å². The summed E-state index contributed by atoms with van der Waals surface area (Å²) in [6, 6.07) is 9.32. The number of aliphatic hydroxyl groups is 1. The van der Waals surface area contributed by atoms with Crippen LogP contribution < -0.4 is 0 Å². The molecule has 0 saturated heterocycles. The number of ether oxygens (including phenoxy) is 3. The Balaban J connectivity index is 1.93. The molecule has 1 N–H and O–H groups in total. The predicted octanol–water partition coefficient (Wildman–Crippen LogP) is 4.75. The van der Waals surface area contributed by atoms with E-state index >= 15 is 0 Å². The van der Waals surface area contributed by atoms with Crippen molar-refractivity contribution in [3.8, 4) is 0 Å². The standard InChI is InChI=1S/C33H40O8/c1-18-24(36)15-16-33(7)28(18)29(41-26(38)14-13-22-11-9-8-10-12-22)23-17-25(37)19(2)27(32(23,5)6)30(39-20(3)34)31(33)40-21(4)35/h8-14,23-24,28-31,36H,1,15-17H2,2-7H3. The maximum atomic E-state index is 13.5. The molecule has 0 radical (unpaired) electrons. The van der Waals surface area contributed by atoms with Crippen molar-refractivity contribution in [3.63, 3.8) is 0 Å². The van der Waals surface area contributed by atoms with E-state index in [1.165, 1.54) is 19.9 Å². The molecule has 0 aliphatic heterocycles. The van der Waals surface area contributed by atoms with Gasteiger partial charge in [0.05, 0.1) is 6.10 Å². The zero-order chi connectivity index (χ0) is 30.3. The van der Waals surface area contributed by atoms with Crippen molar-refractivity contribution >= 4 is 29.8 Å². The van der Waals surface area contributed by atoms with Gasteiger partial charge in [-0.2, -0.15) is 0 Å². The van der Waals surface area contributed by atoms with Gasteiger partial charge in [0.25, 0.3) is 0 Å². The Labute approximate surface area is 241 Å². The summed E-state index contributed by atoms with van der Waals surface area (Å²) in [5, 5.41) is 11.0. The molecule has 0 amide bonds. The minimum absolute atomic E-state index is 0.0870. The van der Waals surface area contributed by atoms with Gasteiger partial charge in [0, 0.05) is 43.6 Å². The first-order valence-electron chi connectivity index (χ1n) is 14.1. The smallest absolute Gasteiger partial charge is 0.331 e. The summed E-state index contributed by atoms with van der Waals surface area (Å²) >= 11 is 0. The highest BCUT2D eigenvalue weighted by Gasteiger charge is 2.64. The first-order chi connectivity index (χ1) is 19.2. The Bertz CT molecular complexity index is 1310. The topological polar surface area (TPSA) is 116 Å². The van der Waals surface area contributed by atoms with Crippen LogP contribution in [0.3, 0.4) is 0 Å². The fraction of sp³-hybridized carbons (Fsp3) is 0.515. The number of Topliss-reactive ketones (excluding diaryl/α,β-unsaturated/α-hetero) is 1. The van der Waals surface area contributed by atoms with E-state index < -0.39 is 65.0 Å². The Morgan fingerprint density at radius 2 is 1.66 bits per heavy atom. The molecule has 0 heterocycles. The molecule has 0 aromatic heterocycles. The molecule has 2 fully saturated rings. The number of carbonyl (C=O) groups excluding carboxylic acids is 4. The van der Waals surface area contributed by atoms with E-state index in [-0.39, 0.29) is 12.2 Å². The van der Waals surface area contributed by atoms with Gasteiger partial charge in [-0.3, -0.25) is 14.4 Å². The Kier molecular flexibility index (Phi) is 8.46. The molecule has 0 spiro atoms. The van der Waals surface area contributed by atoms with Gasteiger partial charge in [-0.1, -0.05) is 57.7 Å². The summed E-state index contributed by atoms with van der Waals surface area (Å²) in [7, 11) is 0. The monoisotopic (exact) mass is 564 g/mol. The third-order valence-electron chi connectivity index (χ3n) is 9.33. The summed E-state index contributed by atoms with van der Waals surface area (Å²) in [5.41, 5.74) is 0.460. The molecule has 2 saturated carbocycles. The molecular formula is C33H40O8. The molecular weight excluding hydrogens is 524 g/mol. The summed E-state index contributed by atoms with van der Waals surface area (Å²) in [5.74, 6) is -3.19. The highest BCUT2D eigenvalue weighted by atomic mass is 16.6. The molecule has 1 aromatic rings. The highest BCUT2D eigenvalue weighted by molar-refractivity contribution is 5.97. The summed E-state index contributed by atoms with van der Waals surface area (Å²) in [4.78, 5) is 51.9. The number of fused-ring (bicyclic) bond motifs is 3. The average Bonchev–Trinajstić information content (AvgIpc) is 2.89. The van der Waals surface area contributed by atoms with Gasteiger partial charge in [0.1, 0.15) is 12.2 Å². The molecule has 41 heavy (non-hydrogen) atoms. The van der Waals surface area contributed by atoms with Crippen molar-refractivity contribution in [1.29, 1.82) is 0 Å². The van der Waals surface area contributed by atoms with Crippen LogP contribution >= 0.6 is 0 Å². The fourth-order valence-electron chi connectivity index (χ4n) is 7.33. The summed E-state index contributed by atoms with van der Waals surface area (Å²) in [6.45, 7) is 14.2. The lowest BCUT2D eigenvalue weighted by Crippen LogP contribution is -2.63. The van der Waals surface area contributed by atoms with Gasteiger partial charge in [-0.15, -0.1) is 0 Å². The number of ketones is 1. The molecule has 7 unspecified atom stereocenters. The van der Waals surface area contributed by atoms with Gasteiger partial charge in [0.2, 0.25) is 0 Å². The fourth-order valence-corrected chi connectivity index (χ4v) is 7.33. The number of esters is 3. The van der Waals surface area contributed by atoms with Crippen molar-refractivity contribution in [2.75, 3.05) is 0 Å². The van der Waals surface area contributed by atoms with E-state index in [0.717, 1.165) is 5.56 Å². The van der Waals surface area contributed by atoms with Crippen LogP contribution in [-0.4, -0.2) is 53.2 Å². The SMILES string of the molecule is C=C1C(O)CCC2(C)C(OC(C)=O)C(OC(C)=O)C3=C(C)C(=O)CC(C(OC(=O)C=Cc4ccccc4)C12)C3(C)C.